The molecule has 0 aliphatic heterocycles. The van der Waals surface area contributed by atoms with Crippen LogP contribution in [0.4, 0.5) is 10.3 Å². The number of anilines is 1. The zero-order chi connectivity index (χ0) is 22.2. The fourth-order valence-corrected chi connectivity index (χ4v) is 3.54. The number of nitrogens with one attached hydrogen (secondary N) is 1. The van der Waals surface area contributed by atoms with Gasteiger partial charge in [-0.25, -0.2) is 9.07 Å². The minimum absolute atomic E-state index is 0.190. The Morgan fingerprint density at radius 2 is 1.94 bits per heavy atom. The molecule has 7 nitrogen and oxygen atoms in total. The molecule has 0 spiro atoms. The van der Waals surface area contributed by atoms with Gasteiger partial charge in [0.2, 0.25) is 5.95 Å². The van der Waals surface area contributed by atoms with Crippen molar-refractivity contribution >= 4 is 33.5 Å². The summed E-state index contributed by atoms with van der Waals surface area (Å²) in [4.78, 5) is 0. The molecule has 2 aromatic carbocycles. The number of tetrazole rings is 1. The third-order valence-electron chi connectivity index (χ3n) is 4.50. The monoisotopic (exact) mass is 511 g/mol. The van der Waals surface area contributed by atoms with Crippen molar-refractivity contribution in [3.05, 3.63) is 56.8 Å². The predicted molar refractivity (Wildman–Crippen MR) is 121 cm³/mol. The molecule has 10 heteroatoms. The van der Waals surface area contributed by atoms with Crippen LogP contribution in [0.2, 0.25) is 5.02 Å². The first-order valence-electron chi connectivity index (χ1n) is 10.0. The molecule has 1 heterocycles. The Hall–Kier alpha value is -2.39. The molecule has 1 N–H and O–H groups in total. The summed E-state index contributed by atoms with van der Waals surface area (Å²) in [6.45, 7) is 5.96. The third kappa shape index (κ3) is 6.30. The van der Waals surface area contributed by atoms with Gasteiger partial charge in [0.25, 0.3) is 0 Å². The van der Waals surface area contributed by atoms with Crippen LogP contribution in [0.3, 0.4) is 0 Å². The molecule has 0 unspecified atom stereocenters. The fraction of sp³-hybridized carbons (Fsp3) is 0.381. The number of hydrogen-bond acceptors (Lipinski definition) is 6. The molecule has 0 fully saturated rings. The van der Waals surface area contributed by atoms with Crippen molar-refractivity contribution in [2.45, 2.75) is 46.4 Å². The van der Waals surface area contributed by atoms with Crippen LogP contribution in [-0.4, -0.2) is 26.8 Å². The normalized spacial score (nSPS) is 10.9. The maximum absolute atomic E-state index is 13.3. The molecule has 1 aromatic heterocycles. The SMILES string of the molecule is CCCCn1nnnc1NCc1cc(OCC)c(OCc2ccc(F)cc2Cl)cc1Br. The highest BCUT2D eigenvalue weighted by Crippen LogP contribution is 2.35. The first-order chi connectivity index (χ1) is 15.0. The van der Waals surface area contributed by atoms with Crippen molar-refractivity contribution in [3.63, 3.8) is 0 Å². The summed E-state index contributed by atoms with van der Waals surface area (Å²) in [5, 5.41) is 15.4. The van der Waals surface area contributed by atoms with Crippen LogP contribution in [0.1, 0.15) is 37.8 Å². The molecule has 3 rings (SSSR count). The second-order valence-corrected chi connectivity index (χ2v) is 8.04. The summed E-state index contributed by atoms with van der Waals surface area (Å²) in [5.41, 5.74) is 1.65. The molecule has 31 heavy (non-hydrogen) atoms. The van der Waals surface area contributed by atoms with Gasteiger partial charge in [-0.15, -0.1) is 0 Å². The van der Waals surface area contributed by atoms with Gasteiger partial charge in [0.05, 0.1) is 11.6 Å². The van der Waals surface area contributed by atoms with Gasteiger partial charge in [0.15, 0.2) is 11.5 Å². The quantitative estimate of drug-likeness (QED) is 0.359. The highest BCUT2D eigenvalue weighted by molar-refractivity contribution is 9.10. The van der Waals surface area contributed by atoms with E-state index >= 15 is 0 Å². The Morgan fingerprint density at radius 1 is 1.13 bits per heavy atom. The topological polar surface area (TPSA) is 74.1 Å². The van der Waals surface area contributed by atoms with Crippen LogP contribution in [0.15, 0.2) is 34.8 Å². The van der Waals surface area contributed by atoms with E-state index in [0.717, 1.165) is 29.4 Å². The van der Waals surface area contributed by atoms with Gasteiger partial charge in [-0.05, 0) is 53.6 Å². The summed E-state index contributed by atoms with van der Waals surface area (Å²) in [6, 6.07) is 7.98. The lowest BCUT2D eigenvalue weighted by molar-refractivity contribution is 0.269. The lowest BCUT2D eigenvalue weighted by Crippen LogP contribution is -2.10. The summed E-state index contributed by atoms with van der Waals surface area (Å²) in [6.07, 6.45) is 2.06. The summed E-state index contributed by atoms with van der Waals surface area (Å²) >= 11 is 9.70. The smallest absolute Gasteiger partial charge is 0.243 e. The van der Waals surface area contributed by atoms with Crippen LogP contribution in [0.5, 0.6) is 11.5 Å². The molecule has 0 saturated heterocycles. The van der Waals surface area contributed by atoms with Crippen molar-refractivity contribution in [1.82, 2.24) is 20.2 Å². The number of rotatable bonds is 11. The molecule has 3 aromatic rings. The zero-order valence-electron chi connectivity index (χ0n) is 17.4. The van der Waals surface area contributed by atoms with Gasteiger partial charge in [-0.2, -0.15) is 0 Å². The number of hydrogen-bond donors (Lipinski definition) is 1. The number of aryl methyl sites for hydroxylation is 1. The van der Waals surface area contributed by atoms with Gasteiger partial charge in [0.1, 0.15) is 12.4 Å². The van der Waals surface area contributed by atoms with Crippen LogP contribution in [0.25, 0.3) is 0 Å². The van der Waals surface area contributed by atoms with Crippen LogP contribution in [-0.2, 0) is 19.7 Å². The fourth-order valence-electron chi connectivity index (χ4n) is 2.85. The van der Waals surface area contributed by atoms with Crippen molar-refractivity contribution in [2.75, 3.05) is 11.9 Å². The molecule has 0 radical (unpaired) electrons. The number of unbranched alkanes of at least 4 members (excludes halogenated alkanes) is 1. The largest absolute Gasteiger partial charge is 0.490 e. The van der Waals surface area contributed by atoms with E-state index in [9.17, 15) is 4.39 Å². The van der Waals surface area contributed by atoms with Crippen molar-refractivity contribution in [1.29, 1.82) is 0 Å². The average molecular weight is 513 g/mol. The van der Waals surface area contributed by atoms with E-state index in [0.29, 0.717) is 41.2 Å². The Morgan fingerprint density at radius 3 is 2.68 bits per heavy atom. The van der Waals surface area contributed by atoms with Crippen LogP contribution >= 0.6 is 27.5 Å². The van der Waals surface area contributed by atoms with Crippen LogP contribution < -0.4 is 14.8 Å². The lowest BCUT2D eigenvalue weighted by Gasteiger charge is -2.16. The van der Waals surface area contributed by atoms with E-state index in [1.165, 1.54) is 12.1 Å². The van der Waals surface area contributed by atoms with Crippen molar-refractivity contribution in [3.8, 4) is 11.5 Å². The van der Waals surface area contributed by atoms with E-state index in [2.05, 4.69) is 43.7 Å². The minimum atomic E-state index is -0.385. The van der Waals surface area contributed by atoms with Gasteiger partial charge < -0.3 is 14.8 Å². The van der Waals surface area contributed by atoms with E-state index in [1.54, 1.807) is 10.7 Å². The number of halogens is 3. The molecule has 0 bridgehead atoms. The molecular weight excluding hydrogens is 489 g/mol. The van der Waals surface area contributed by atoms with E-state index < -0.39 is 0 Å². The molecular formula is C21H24BrClFN5O2. The molecule has 0 saturated carbocycles. The molecule has 0 aliphatic rings. The van der Waals surface area contributed by atoms with Gasteiger partial charge >= 0.3 is 0 Å². The van der Waals surface area contributed by atoms with E-state index in [4.69, 9.17) is 21.1 Å². The highest BCUT2D eigenvalue weighted by atomic mass is 79.9. The number of benzene rings is 2. The number of ether oxygens (including phenoxy) is 2. The van der Waals surface area contributed by atoms with E-state index in [1.807, 2.05) is 19.1 Å². The maximum Gasteiger partial charge on any atom is 0.243 e. The Bertz CT molecular complexity index is 1020. The van der Waals surface area contributed by atoms with Gasteiger partial charge in [0, 0.05) is 23.1 Å². The second kappa shape index (κ2) is 11.3. The second-order valence-electron chi connectivity index (χ2n) is 6.78. The highest BCUT2D eigenvalue weighted by Gasteiger charge is 2.14. The van der Waals surface area contributed by atoms with Crippen molar-refractivity contribution in [2.24, 2.45) is 0 Å². The standard InChI is InChI=1S/C21H24BrClFN5O2/c1-3-5-8-29-21(26-27-28-29)25-12-15-9-19(30-4-2)20(11-17(15)22)31-13-14-6-7-16(24)10-18(14)23/h6-7,9-11H,3-5,8,12-13H2,1-2H3,(H,25,26,28). The first-order valence-corrected chi connectivity index (χ1v) is 11.2. The summed E-state index contributed by atoms with van der Waals surface area (Å²) < 4.78 is 27.6. The van der Waals surface area contributed by atoms with E-state index in [-0.39, 0.29) is 12.4 Å². The van der Waals surface area contributed by atoms with Gasteiger partial charge in [-0.3, -0.25) is 0 Å². The molecule has 0 atom stereocenters. The van der Waals surface area contributed by atoms with Crippen molar-refractivity contribution < 1.29 is 13.9 Å². The lowest BCUT2D eigenvalue weighted by atomic mass is 10.2. The molecule has 166 valence electrons. The Kier molecular flexibility index (Phi) is 8.48. The number of nitrogens with zero attached hydrogens (tertiary/aromatic N) is 4. The average Bonchev–Trinajstić information content (AvgIpc) is 3.19. The number of aromatic nitrogens is 4. The summed E-state index contributed by atoms with van der Waals surface area (Å²) in [7, 11) is 0. The summed E-state index contributed by atoms with van der Waals surface area (Å²) in [5.74, 6) is 1.39. The third-order valence-corrected chi connectivity index (χ3v) is 5.59. The predicted octanol–water partition coefficient (Wildman–Crippen LogP) is 5.62. The molecule has 0 aliphatic carbocycles. The maximum atomic E-state index is 13.3. The van der Waals surface area contributed by atoms with Crippen LogP contribution in [0, 0.1) is 5.82 Å². The minimum Gasteiger partial charge on any atom is -0.490 e. The Labute approximate surface area is 194 Å². The zero-order valence-corrected chi connectivity index (χ0v) is 19.7. The van der Waals surface area contributed by atoms with Gasteiger partial charge in [-0.1, -0.05) is 52.0 Å². The first kappa shape index (κ1) is 23.3. The molecule has 0 amide bonds. The Balaban J connectivity index is 1.73.